The number of hydrogen-bond donors (Lipinski definition) is 2. The molecule has 0 bridgehead atoms. The molecule has 0 unspecified atom stereocenters. The molecule has 1 aromatic carbocycles. The molecule has 0 aliphatic carbocycles. The van der Waals surface area contributed by atoms with E-state index in [9.17, 15) is 4.79 Å². The summed E-state index contributed by atoms with van der Waals surface area (Å²) in [4.78, 5) is 13.5. The Hall–Kier alpha value is -1.75. The lowest BCUT2D eigenvalue weighted by atomic mass is 10.1. The zero-order valence-electron chi connectivity index (χ0n) is 10.6. The van der Waals surface area contributed by atoms with Crippen LogP contribution in [0.2, 0.25) is 0 Å². The maximum atomic E-state index is 11.3. The number of rotatable bonds is 3. The van der Waals surface area contributed by atoms with Gasteiger partial charge >= 0.3 is 0 Å². The van der Waals surface area contributed by atoms with Crippen LogP contribution in [0.5, 0.6) is 5.75 Å². The molecule has 1 fully saturated rings. The van der Waals surface area contributed by atoms with Crippen molar-refractivity contribution in [3.63, 3.8) is 0 Å². The van der Waals surface area contributed by atoms with Crippen LogP contribution < -0.4 is 15.8 Å². The maximum Gasteiger partial charge on any atom is 0.221 e. The molecule has 5 nitrogen and oxygen atoms in total. The Bertz CT molecular complexity index is 434. The quantitative estimate of drug-likeness (QED) is 0.770. The van der Waals surface area contributed by atoms with Gasteiger partial charge in [-0.2, -0.15) is 0 Å². The summed E-state index contributed by atoms with van der Waals surface area (Å²) < 4.78 is 5.33. The molecule has 5 heteroatoms. The van der Waals surface area contributed by atoms with Crippen LogP contribution in [0.25, 0.3) is 0 Å². The first-order valence-electron chi connectivity index (χ1n) is 6.10. The van der Waals surface area contributed by atoms with Crippen molar-refractivity contribution in [3.05, 3.63) is 23.8 Å². The van der Waals surface area contributed by atoms with Crippen LogP contribution in [-0.2, 0) is 11.3 Å². The Morgan fingerprint density at radius 1 is 1.44 bits per heavy atom. The summed E-state index contributed by atoms with van der Waals surface area (Å²) in [5, 5.41) is 2.86. The summed E-state index contributed by atoms with van der Waals surface area (Å²) in [5.41, 5.74) is 7.59. The summed E-state index contributed by atoms with van der Waals surface area (Å²) in [6.45, 7) is 3.07. The SMILES string of the molecule is COc1ccc(N)cc1CN1CCNC(=O)CC1. The molecule has 1 aromatic rings. The number of nitrogens with one attached hydrogen (secondary N) is 1. The molecule has 1 aliphatic heterocycles. The zero-order valence-corrected chi connectivity index (χ0v) is 10.6. The highest BCUT2D eigenvalue weighted by Crippen LogP contribution is 2.22. The molecule has 0 atom stereocenters. The van der Waals surface area contributed by atoms with Gasteiger partial charge in [0.15, 0.2) is 0 Å². The summed E-state index contributed by atoms with van der Waals surface area (Å²) in [7, 11) is 1.66. The summed E-state index contributed by atoms with van der Waals surface area (Å²) >= 11 is 0. The van der Waals surface area contributed by atoms with Crippen molar-refractivity contribution in [2.24, 2.45) is 0 Å². The first-order valence-corrected chi connectivity index (χ1v) is 6.10. The lowest BCUT2D eigenvalue weighted by Gasteiger charge is -2.20. The van der Waals surface area contributed by atoms with Crippen LogP contribution in [-0.4, -0.2) is 37.6 Å². The summed E-state index contributed by atoms with van der Waals surface area (Å²) in [6.07, 6.45) is 0.546. The van der Waals surface area contributed by atoms with E-state index in [0.717, 1.165) is 36.6 Å². The van der Waals surface area contributed by atoms with Gasteiger partial charge in [-0.1, -0.05) is 0 Å². The van der Waals surface area contributed by atoms with Gasteiger partial charge in [0.05, 0.1) is 7.11 Å². The van der Waals surface area contributed by atoms with E-state index in [1.165, 1.54) is 0 Å². The minimum absolute atomic E-state index is 0.122. The highest BCUT2D eigenvalue weighted by atomic mass is 16.5. The van der Waals surface area contributed by atoms with Gasteiger partial charge in [0.2, 0.25) is 5.91 Å². The van der Waals surface area contributed by atoms with Crippen molar-refractivity contribution in [2.45, 2.75) is 13.0 Å². The topological polar surface area (TPSA) is 67.6 Å². The predicted molar refractivity (Wildman–Crippen MR) is 70.3 cm³/mol. The number of nitrogen functional groups attached to an aromatic ring is 1. The van der Waals surface area contributed by atoms with Crippen LogP contribution >= 0.6 is 0 Å². The first-order chi connectivity index (χ1) is 8.69. The molecule has 0 spiro atoms. The second-order valence-corrected chi connectivity index (χ2v) is 4.45. The Balaban J connectivity index is 2.08. The van der Waals surface area contributed by atoms with Crippen molar-refractivity contribution in [1.29, 1.82) is 0 Å². The van der Waals surface area contributed by atoms with Crippen LogP contribution in [0, 0.1) is 0 Å². The number of benzene rings is 1. The van der Waals surface area contributed by atoms with Crippen molar-refractivity contribution >= 4 is 11.6 Å². The summed E-state index contributed by atoms with van der Waals surface area (Å²) in [6, 6.07) is 5.64. The Kier molecular flexibility index (Phi) is 4.04. The number of anilines is 1. The van der Waals surface area contributed by atoms with Crippen LogP contribution in [0.4, 0.5) is 5.69 Å². The number of amides is 1. The summed E-state index contributed by atoms with van der Waals surface area (Å²) in [5.74, 6) is 0.963. The van der Waals surface area contributed by atoms with E-state index in [1.54, 1.807) is 7.11 Å². The lowest BCUT2D eigenvalue weighted by molar-refractivity contribution is -0.120. The largest absolute Gasteiger partial charge is 0.496 e. The Morgan fingerprint density at radius 3 is 3.06 bits per heavy atom. The number of hydrogen-bond acceptors (Lipinski definition) is 4. The zero-order chi connectivity index (χ0) is 13.0. The molecule has 0 aromatic heterocycles. The molecule has 98 valence electrons. The molecule has 0 saturated carbocycles. The lowest BCUT2D eigenvalue weighted by Crippen LogP contribution is -2.28. The first kappa shape index (κ1) is 12.7. The smallest absolute Gasteiger partial charge is 0.221 e. The number of methoxy groups -OCH3 is 1. The Morgan fingerprint density at radius 2 is 2.28 bits per heavy atom. The fourth-order valence-electron chi connectivity index (χ4n) is 2.13. The monoisotopic (exact) mass is 249 g/mol. The van der Waals surface area contributed by atoms with E-state index >= 15 is 0 Å². The average Bonchev–Trinajstić information content (AvgIpc) is 2.55. The maximum absolute atomic E-state index is 11.3. The van der Waals surface area contributed by atoms with Gasteiger partial charge in [-0.05, 0) is 18.2 Å². The van der Waals surface area contributed by atoms with Gasteiger partial charge in [0.1, 0.15) is 5.75 Å². The molecule has 1 amide bonds. The third-order valence-corrected chi connectivity index (χ3v) is 3.10. The molecule has 2 rings (SSSR count). The van der Waals surface area contributed by atoms with Gasteiger partial charge in [-0.3, -0.25) is 9.69 Å². The van der Waals surface area contributed by atoms with Gasteiger partial charge in [0.25, 0.3) is 0 Å². The predicted octanol–water partition coefficient (Wildman–Crippen LogP) is 0.599. The van der Waals surface area contributed by atoms with Crippen molar-refractivity contribution in [1.82, 2.24) is 10.2 Å². The van der Waals surface area contributed by atoms with Crippen LogP contribution in [0.15, 0.2) is 18.2 Å². The standard InChI is InChI=1S/C13H19N3O2/c1-18-12-3-2-11(14)8-10(12)9-16-6-4-13(17)15-5-7-16/h2-3,8H,4-7,9,14H2,1H3,(H,15,17). The molecule has 1 heterocycles. The fourth-order valence-corrected chi connectivity index (χ4v) is 2.13. The number of carbonyl (C=O) groups excluding carboxylic acids is 1. The number of nitrogens with zero attached hydrogens (tertiary/aromatic N) is 1. The third kappa shape index (κ3) is 3.13. The van der Waals surface area contributed by atoms with E-state index in [2.05, 4.69) is 10.2 Å². The molecular formula is C13H19N3O2. The van der Waals surface area contributed by atoms with E-state index < -0.39 is 0 Å². The van der Waals surface area contributed by atoms with Gasteiger partial charge in [-0.15, -0.1) is 0 Å². The minimum atomic E-state index is 0.122. The molecular weight excluding hydrogens is 230 g/mol. The van der Waals surface area contributed by atoms with Crippen LogP contribution in [0.3, 0.4) is 0 Å². The average molecular weight is 249 g/mol. The van der Waals surface area contributed by atoms with E-state index in [0.29, 0.717) is 13.0 Å². The molecule has 1 saturated heterocycles. The molecule has 0 radical (unpaired) electrons. The van der Waals surface area contributed by atoms with E-state index in [1.807, 2.05) is 18.2 Å². The number of carbonyl (C=O) groups is 1. The van der Waals surface area contributed by atoms with Crippen molar-refractivity contribution < 1.29 is 9.53 Å². The third-order valence-electron chi connectivity index (χ3n) is 3.10. The highest BCUT2D eigenvalue weighted by Gasteiger charge is 2.15. The highest BCUT2D eigenvalue weighted by molar-refractivity contribution is 5.76. The minimum Gasteiger partial charge on any atom is -0.496 e. The normalized spacial score (nSPS) is 17.1. The van der Waals surface area contributed by atoms with Gasteiger partial charge in [0, 0.05) is 43.9 Å². The molecule has 3 N–H and O–H groups in total. The molecule has 18 heavy (non-hydrogen) atoms. The number of ether oxygens (including phenoxy) is 1. The van der Waals surface area contributed by atoms with Crippen molar-refractivity contribution in [2.75, 3.05) is 32.5 Å². The second kappa shape index (κ2) is 5.73. The fraction of sp³-hybridized carbons (Fsp3) is 0.462. The van der Waals surface area contributed by atoms with Crippen molar-refractivity contribution in [3.8, 4) is 5.75 Å². The Labute approximate surface area is 107 Å². The molecule has 1 aliphatic rings. The van der Waals surface area contributed by atoms with E-state index in [4.69, 9.17) is 10.5 Å². The van der Waals surface area contributed by atoms with Gasteiger partial charge in [-0.25, -0.2) is 0 Å². The van der Waals surface area contributed by atoms with Gasteiger partial charge < -0.3 is 15.8 Å². The van der Waals surface area contributed by atoms with E-state index in [-0.39, 0.29) is 5.91 Å². The number of nitrogens with two attached hydrogens (primary N) is 1. The van der Waals surface area contributed by atoms with Crippen LogP contribution in [0.1, 0.15) is 12.0 Å². The second-order valence-electron chi connectivity index (χ2n) is 4.45.